The molecule has 7 heteroatoms. The number of H-pyrrole nitrogens is 1. The number of rotatable bonds is 4. The van der Waals surface area contributed by atoms with Gasteiger partial charge in [0.05, 0.1) is 11.8 Å². The fourth-order valence-electron chi connectivity index (χ4n) is 2.59. The molecule has 7 nitrogen and oxygen atoms in total. The van der Waals surface area contributed by atoms with Crippen molar-refractivity contribution in [3.63, 3.8) is 0 Å². The largest absolute Gasteiger partial charge is 0.494 e. The first-order chi connectivity index (χ1) is 11.1. The van der Waals surface area contributed by atoms with E-state index in [1.165, 1.54) is 6.08 Å². The summed E-state index contributed by atoms with van der Waals surface area (Å²) in [7, 11) is 0. The molecule has 2 heterocycles. The Balaban J connectivity index is 1.97. The Morgan fingerprint density at radius 1 is 1.35 bits per heavy atom. The third-order valence-corrected chi connectivity index (χ3v) is 3.73. The third kappa shape index (κ3) is 2.68. The second kappa shape index (κ2) is 5.96. The molecule has 3 rings (SSSR count). The molecule has 0 radical (unpaired) electrons. The zero-order valence-corrected chi connectivity index (χ0v) is 12.3. The molecule has 0 aliphatic carbocycles. The number of nitrogens with one attached hydrogen (secondary N) is 2. The quantitative estimate of drug-likeness (QED) is 0.729. The molecule has 1 aliphatic heterocycles. The van der Waals surface area contributed by atoms with Crippen LogP contribution in [0.2, 0.25) is 0 Å². The number of hydrogen-bond acceptors (Lipinski definition) is 5. The lowest BCUT2D eigenvalue weighted by Gasteiger charge is -2.11. The van der Waals surface area contributed by atoms with Crippen molar-refractivity contribution in [2.24, 2.45) is 5.10 Å². The highest BCUT2D eigenvalue weighted by Crippen LogP contribution is 2.25. The van der Waals surface area contributed by atoms with Crippen LogP contribution in [0.3, 0.4) is 0 Å². The van der Waals surface area contributed by atoms with Crippen LogP contribution in [0.1, 0.15) is 23.6 Å². The van der Waals surface area contributed by atoms with Crippen molar-refractivity contribution in [1.29, 1.82) is 0 Å². The Morgan fingerprint density at radius 2 is 2.09 bits per heavy atom. The van der Waals surface area contributed by atoms with Crippen molar-refractivity contribution in [1.82, 2.24) is 15.0 Å². The highest BCUT2D eigenvalue weighted by atomic mass is 16.3. The van der Waals surface area contributed by atoms with Crippen LogP contribution in [-0.4, -0.2) is 20.4 Å². The van der Waals surface area contributed by atoms with E-state index in [4.69, 9.17) is 0 Å². The standard InChI is InChI=1S/C16H16N4O3/c1-2-8-20-15(22)13(14(21)17-16(20)23)12-9-11(18-19-12)10-6-4-3-5-7-10/h2-7,11,18,22H,1,8-9H2,(H,17,21,23)/t11-/m0/s1. The van der Waals surface area contributed by atoms with E-state index in [0.717, 1.165) is 10.1 Å². The highest BCUT2D eigenvalue weighted by Gasteiger charge is 2.26. The van der Waals surface area contributed by atoms with Gasteiger partial charge in [0, 0.05) is 13.0 Å². The number of benzene rings is 1. The fraction of sp³-hybridized carbons (Fsp3) is 0.188. The normalized spacial score (nSPS) is 16.7. The Bertz CT molecular complexity index is 880. The topological polar surface area (TPSA) is 99.5 Å². The average molecular weight is 312 g/mol. The van der Waals surface area contributed by atoms with Crippen molar-refractivity contribution in [3.05, 3.63) is 75.0 Å². The summed E-state index contributed by atoms with van der Waals surface area (Å²) in [6, 6.07) is 9.59. The van der Waals surface area contributed by atoms with Gasteiger partial charge in [-0.15, -0.1) is 6.58 Å². The molecule has 0 amide bonds. The van der Waals surface area contributed by atoms with Gasteiger partial charge in [-0.2, -0.15) is 5.10 Å². The summed E-state index contributed by atoms with van der Waals surface area (Å²) < 4.78 is 1.04. The predicted octanol–water partition coefficient (Wildman–Crippen LogP) is 0.867. The second-order valence-electron chi connectivity index (χ2n) is 5.21. The number of aromatic nitrogens is 2. The molecule has 2 aromatic rings. The van der Waals surface area contributed by atoms with E-state index in [1.807, 2.05) is 30.3 Å². The van der Waals surface area contributed by atoms with E-state index >= 15 is 0 Å². The van der Waals surface area contributed by atoms with E-state index in [1.54, 1.807) is 0 Å². The molecule has 1 aromatic carbocycles. The number of allylic oxidation sites excluding steroid dienone is 1. The van der Waals surface area contributed by atoms with Crippen LogP contribution in [0.15, 0.2) is 57.7 Å². The second-order valence-corrected chi connectivity index (χ2v) is 5.21. The smallest absolute Gasteiger partial charge is 0.331 e. The van der Waals surface area contributed by atoms with Gasteiger partial charge in [-0.25, -0.2) is 4.79 Å². The van der Waals surface area contributed by atoms with Crippen molar-refractivity contribution in [3.8, 4) is 5.88 Å². The van der Waals surface area contributed by atoms with Crippen LogP contribution in [0.4, 0.5) is 0 Å². The Hall–Kier alpha value is -3.09. The average Bonchev–Trinajstić information content (AvgIpc) is 3.02. The summed E-state index contributed by atoms with van der Waals surface area (Å²) in [6.45, 7) is 3.63. The van der Waals surface area contributed by atoms with Gasteiger partial charge < -0.3 is 10.5 Å². The maximum absolute atomic E-state index is 12.1. The first-order valence-electron chi connectivity index (χ1n) is 7.16. The summed E-state index contributed by atoms with van der Waals surface area (Å²) in [5.41, 5.74) is 3.08. The van der Waals surface area contributed by atoms with Crippen molar-refractivity contribution in [2.45, 2.75) is 19.0 Å². The van der Waals surface area contributed by atoms with Gasteiger partial charge in [0.2, 0.25) is 5.88 Å². The van der Waals surface area contributed by atoms with E-state index in [0.29, 0.717) is 12.1 Å². The Kier molecular flexibility index (Phi) is 3.84. The van der Waals surface area contributed by atoms with E-state index in [9.17, 15) is 14.7 Å². The Labute approximate surface area is 131 Å². The summed E-state index contributed by atoms with van der Waals surface area (Å²) in [5.74, 6) is -0.395. The molecule has 3 N–H and O–H groups in total. The fourth-order valence-corrected chi connectivity index (χ4v) is 2.59. The van der Waals surface area contributed by atoms with Gasteiger partial charge in [-0.3, -0.25) is 14.3 Å². The number of aromatic amines is 1. The predicted molar refractivity (Wildman–Crippen MR) is 86.7 cm³/mol. The van der Waals surface area contributed by atoms with Crippen LogP contribution < -0.4 is 16.7 Å². The van der Waals surface area contributed by atoms with E-state index < -0.39 is 17.1 Å². The van der Waals surface area contributed by atoms with Gasteiger partial charge in [0.15, 0.2) is 0 Å². The van der Waals surface area contributed by atoms with E-state index in [-0.39, 0.29) is 18.2 Å². The molecule has 0 bridgehead atoms. The van der Waals surface area contributed by atoms with Gasteiger partial charge in [0.25, 0.3) is 5.56 Å². The van der Waals surface area contributed by atoms with Crippen LogP contribution in [0, 0.1) is 0 Å². The first kappa shape index (κ1) is 14.8. The minimum absolute atomic E-state index is 0.0115. The number of aromatic hydroxyl groups is 1. The zero-order chi connectivity index (χ0) is 16.4. The minimum Gasteiger partial charge on any atom is -0.494 e. The van der Waals surface area contributed by atoms with Gasteiger partial charge in [-0.05, 0) is 5.56 Å². The summed E-state index contributed by atoms with van der Waals surface area (Å²) in [6.07, 6.45) is 1.90. The number of hydrogen-bond donors (Lipinski definition) is 3. The van der Waals surface area contributed by atoms with Crippen molar-refractivity contribution in [2.75, 3.05) is 0 Å². The highest BCUT2D eigenvalue weighted by molar-refractivity contribution is 6.03. The third-order valence-electron chi connectivity index (χ3n) is 3.73. The zero-order valence-electron chi connectivity index (χ0n) is 12.3. The molecule has 0 saturated carbocycles. The SMILES string of the molecule is C=CCn1c(O)c(C2=NN[C@H](c3ccccc3)C2)c(=O)[nH]c1=O. The van der Waals surface area contributed by atoms with Crippen LogP contribution in [0.5, 0.6) is 5.88 Å². The lowest BCUT2D eigenvalue weighted by molar-refractivity contribution is 0.409. The minimum atomic E-state index is -0.678. The first-order valence-corrected chi connectivity index (χ1v) is 7.16. The molecular weight excluding hydrogens is 296 g/mol. The molecule has 1 atom stereocenters. The molecule has 23 heavy (non-hydrogen) atoms. The molecule has 0 saturated heterocycles. The van der Waals surface area contributed by atoms with Crippen LogP contribution >= 0.6 is 0 Å². The molecule has 1 aliphatic rings. The van der Waals surface area contributed by atoms with E-state index in [2.05, 4.69) is 22.1 Å². The molecular formula is C16H16N4O3. The lowest BCUT2D eigenvalue weighted by Crippen LogP contribution is -2.33. The Morgan fingerprint density at radius 3 is 2.78 bits per heavy atom. The van der Waals surface area contributed by atoms with Gasteiger partial charge in [0.1, 0.15) is 5.56 Å². The van der Waals surface area contributed by atoms with Gasteiger partial charge >= 0.3 is 5.69 Å². The summed E-state index contributed by atoms with van der Waals surface area (Å²) in [5, 5.41) is 14.4. The van der Waals surface area contributed by atoms with Crippen LogP contribution in [-0.2, 0) is 6.54 Å². The van der Waals surface area contributed by atoms with Crippen molar-refractivity contribution < 1.29 is 5.11 Å². The molecule has 1 aromatic heterocycles. The number of hydrazone groups is 1. The molecule has 0 fully saturated rings. The monoisotopic (exact) mass is 312 g/mol. The maximum atomic E-state index is 12.1. The molecule has 0 unspecified atom stereocenters. The lowest BCUT2D eigenvalue weighted by atomic mass is 10.0. The van der Waals surface area contributed by atoms with Crippen molar-refractivity contribution >= 4 is 5.71 Å². The summed E-state index contributed by atoms with van der Waals surface area (Å²) >= 11 is 0. The molecule has 118 valence electrons. The van der Waals surface area contributed by atoms with Gasteiger partial charge in [-0.1, -0.05) is 36.4 Å². The summed E-state index contributed by atoms with van der Waals surface area (Å²) in [4.78, 5) is 26.0. The molecule has 0 spiro atoms. The van der Waals surface area contributed by atoms with Crippen LogP contribution in [0.25, 0.3) is 0 Å². The number of nitrogens with zero attached hydrogens (tertiary/aromatic N) is 2. The maximum Gasteiger partial charge on any atom is 0.331 e.